The number of cyclic esters (lactones) is 1. The van der Waals surface area contributed by atoms with Gasteiger partial charge in [0.05, 0.1) is 18.8 Å². The van der Waals surface area contributed by atoms with Gasteiger partial charge in [-0.3, -0.25) is 9.69 Å². The number of benzene rings is 1. The highest BCUT2D eigenvalue weighted by Gasteiger charge is 2.36. The molecule has 0 spiro atoms. The number of hydrogen-bond acceptors (Lipinski definition) is 6. The molecule has 0 aromatic heterocycles. The molecule has 3 unspecified atom stereocenters. The third-order valence-electron chi connectivity index (χ3n) is 4.33. The first-order valence-electron chi connectivity index (χ1n) is 8.17. The van der Waals surface area contributed by atoms with Crippen LogP contribution in [0.15, 0.2) is 23.6 Å². The van der Waals surface area contributed by atoms with E-state index in [0.29, 0.717) is 0 Å². The number of carbonyl (C=O) groups is 2. The van der Waals surface area contributed by atoms with Gasteiger partial charge < -0.3 is 20.3 Å². The fourth-order valence-corrected chi connectivity index (χ4v) is 3.74. The fourth-order valence-electron chi connectivity index (χ4n) is 2.99. The second-order valence-corrected chi connectivity index (χ2v) is 7.28. The number of nitrogens with one attached hydrogen (secondary N) is 1. The Balaban J connectivity index is 1.83. The summed E-state index contributed by atoms with van der Waals surface area (Å²) in [5.41, 5.74) is -1.61. The first-order chi connectivity index (χ1) is 12.8. The van der Waals surface area contributed by atoms with E-state index in [1.54, 1.807) is 0 Å². The highest BCUT2D eigenvalue weighted by molar-refractivity contribution is 8.02. The molecule has 0 aliphatic carbocycles. The molecule has 1 aromatic carbocycles. The Labute approximate surface area is 158 Å². The van der Waals surface area contributed by atoms with E-state index in [9.17, 15) is 28.6 Å². The number of nitrogens with zero attached hydrogens (tertiary/aromatic N) is 1. The maximum absolute atomic E-state index is 14.6. The Hall–Kier alpha value is -2.17. The Kier molecular flexibility index (Phi) is 5.68. The van der Waals surface area contributed by atoms with Crippen LogP contribution in [-0.2, 0) is 9.53 Å². The normalized spacial score (nSPS) is 27.6. The van der Waals surface area contributed by atoms with E-state index in [2.05, 4.69) is 5.32 Å². The smallest absolute Gasteiger partial charge is 0.414 e. The zero-order valence-electron chi connectivity index (χ0n) is 14.3. The number of hydrogen-bond donors (Lipinski definition) is 3. The van der Waals surface area contributed by atoms with E-state index in [1.165, 1.54) is 18.4 Å². The third kappa shape index (κ3) is 4.07. The zero-order valence-corrected chi connectivity index (χ0v) is 15.1. The summed E-state index contributed by atoms with van der Waals surface area (Å²) in [5, 5.41) is 23.7. The van der Waals surface area contributed by atoms with Crippen LogP contribution >= 0.6 is 11.8 Å². The number of thioether (sulfide) groups is 1. The first-order valence-corrected chi connectivity index (χ1v) is 9.12. The molecular formula is C17H18F2N2O5S. The number of aliphatic hydroxyl groups is 2. The number of aliphatic hydroxyl groups excluding tert-OH is 2. The second-order valence-electron chi connectivity index (χ2n) is 6.25. The van der Waals surface area contributed by atoms with Crippen molar-refractivity contribution in [3.8, 4) is 0 Å². The Morgan fingerprint density at radius 1 is 1.37 bits per heavy atom. The molecule has 3 N–H and O–H groups in total. The molecule has 1 saturated heterocycles. The van der Waals surface area contributed by atoms with Gasteiger partial charge in [0.1, 0.15) is 29.3 Å². The van der Waals surface area contributed by atoms with Crippen molar-refractivity contribution in [2.24, 2.45) is 0 Å². The number of halogens is 2. The van der Waals surface area contributed by atoms with E-state index in [4.69, 9.17) is 4.74 Å². The fraction of sp³-hybridized carbons (Fsp3) is 0.412. The van der Waals surface area contributed by atoms with Crippen LogP contribution in [0, 0.1) is 11.6 Å². The largest absolute Gasteiger partial charge is 0.442 e. The van der Waals surface area contributed by atoms with Crippen LogP contribution < -0.4 is 10.2 Å². The molecule has 4 atom stereocenters. The molecule has 1 fully saturated rings. The van der Waals surface area contributed by atoms with E-state index in [0.717, 1.165) is 28.8 Å². The molecule has 0 saturated carbocycles. The molecule has 1 aromatic rings. The maximum atomic E-state index is 14.6. The summed E-state index contributed by atoms with van der Waals surface area (Å²) in [6.07, 6.45) is -1.37. The van der Waals surface area contributed by atoms with Crippen molar-refractivity contribution < 1.29 is 33.3 Å². The summed E-state index contributed by atoms with van der Waals surface area (Å²) in [6.45, 7) is 1.44. The Morgan fingerprint density at radius 2 is 2.04 bits per heavy atom. The Morgan fingerprint density at radius 3 is 2.67 bits per heavy atom. The van der Waals surface area contributed by atoms with Gasteiger partial charge in [-0.25, -0.2) is 13.6 Å². The van der Waals surface area contributed by atoms with Gasteiger partial charge in [-0.05, 0) is 17.5 Å². The summed E-state index contributed by atoms with van der Waals surface area (Å²) in [4.78, 5) is 24.0. The quantitative estimate of drug-likeness (QED) is 0.708. The van der Waals surface area contributed by atoms with Gasteiger partial charge in [0, 0.05) is 18.4 Å². The number of amides is 2. The summed E-state index contributed by atoms with van der Waals surface area (Å²) < 4.78 is 34.3. The number of anilines is 1. The molecule has 27 heavy (non-hydrogen) atoms. The van der Waals surface area contributed by atoms with Crippen LogP contribution in [0.5, 0.6) is 0 Å². The number of ether oxygens (including phenoxy) is 1. The monoisotopic (exact) mass is 400 g/mol. The van der Waals surface area contributed by atoms with Gasteiger partial charge in [-0.2, -0.15) is 0 Å². The molecule has 2 aliphatic rings. The van der Waals surface area contributed by atoms with Gasteiger partial charge in [0.2, 0.25) is 5.91 Å². The van der Waals surface area contributed by atoms with E-state index in [-0.39, 0.29) is 30.2 Å². The average molecular weight is 400 g/mol. The molecule has 2 heterocycles. The highest BCUT2D eigenvalue weighted by atomic mass is 32.2. The van der Waals surface area contributed by atoms with Gasteiger partial charge in [0.25, 0.3) is 0 Å². The van der Waals surface area contributed by atoms with Crippen molar-refractivity contribution in [3.05, 3.63) is 40.8 Å². The molecule has 0 radical (unpaired) electrons. The van der Waals surface area contributed by atoms with Crippen molar-refractivity contribution in [2.75, 3.05) is 18.0 Å². The van der Waals surface area contributed by atoms with Crippen LogP contribution in [0.4, 0.5) is 19.3 Å². The predicted molar refractivity (Wildman–Crippen MR) is 94.1 cm³/mol. The molecule has 7 nitrogen and oxygen atoms in total. The van der Waals surface area contributed by atoms with Crippen LogP contribution in [-0.4, -0.2) is 52.9 Å². The molecule has 3 rings (SSSR count). The minimum absolute atomic E-state index is 0.0264. The molecule has 2 aliphatic heterocycles. The predicted octanol–water partition coefficient (Wildman–Crippen LogP) is 1.45. The SMILES string of the molecule is CC(=O)NC[C@H]1CN(c2cc(F)c(C3C=CSC(O)C3O)c(F)c2)C(=O)O1. The van der Waals surface area contributed by atoms with Crippen molar-refractivity contribution >= 4 is 29.4 Å². The molecule has 0 bridgehead atoms. The van der Waals surface area contributed by atoms with E-state index >= 15 is 0 Å². The van der Waals surface area contributed by atoms with Crippen LogP contribution in [0.1, 0.15) is 18.4 Å². The van der Waals surface area contributed by atoms with E-state index in [1.807, 2.05) is 0 Å². The topological polar surface area (TPSA) is 99.1 Å². The molecular weight excluding hydrogens is 382 g/mol. The van der Waals surface area contributed by atoms with Gasteiger partial charge in [0.15, 0.2) is 0 Å². The van der Waals surface area contributed by atoms with Crippen molar-refractivity contribution in [2.45, 2.75) is 30.5 Å². The van der Waals surface area contributed by atoms with Crippen molar-refractivity contribution in [3.63, 3.8) is 0 Å². The average Bonchev–Trinajstić information content (AvgIpc) is 2.97. The van der Waals surface area contributed by atoms with Crippen molar-refractivity contribution in [1.82, 2.24) is 5.32 Å². The summed E-state index contributed by atoms with van der Waals surface area (Å²) >= 11 is 0.948. The lowest BCUT2D eigenvalue weighted by molar-refractivity contribution is -0.119. The van der Waals surface area contributed by atoms with Gasteiger partial charge in [-0.15, -0.1) is 11.8 Å². The zero-order chi connectivity index (χ0) is 19.7. The summed E-state index contributed by atoms with van der Waals surface area (Å²) in [7, 11) is 0. The highest BCUT2D eigenvalue weighted by Crippen LogP contribution is 2.37. The van der Waals surface area contributed by atoms with E-state index < -0.39 is 41.3 Å². The molecule has 10 heteroatoms. The minimum Gasteiger partial charge on any atom is -0.442 e. The molecule has 2 amide bonds. The number of rotatable bonds is 4. The lowest BCUT2D eigenvalue weighted by Crippen LogP contribution is -2.33. The lowest BCUT2D eigenvalue weighted by Gasteiger charge is -2.28. The van der Waals surface area contributed by atoms with Gasteiger partial charge in [-0.1, -0.05) is 6.08 Å². The minimum atomic E-state index is -1.37. The van der Waals surface area contributed by atoms with Crippen molar-refractivity contribution in [1.29, 1.82) is 0 Å². The Bertz CT molecular complexity index is 768. The maximum Gasteiger partial charge on any atom is 0.414 e. The van der Waals surface area contributed by atoms with Crippen LogP contribution in [0.25, 0.3) is 0 Å². The second kappa shape index (κ2) is 7.83. The standard InChI is InChI=1S/C17H18F2N2O5S/c1-8(22)20-6-10-7-21(17(25)26-10)9-4-12(18)14(13(19)5-9)11-2-3-27-16(24)15(11)23/h2-5,10-11,15-16,23-24H,6-7H2,1H3,(H,20,22)/t10-,11?,15?,16?/m0/s1. The lowest BCUT2D eigenvalue weighted by atomic mass is 9.92. The summed E-state index contributed by atoms with van der Waals surface area (Å²) in [6, 6.07) is 1.96. The molecule has 146 valence electrons. The third-order valence-corrected chi connectivity index (χ3v) is 5.20. The van der Waals surface area contributed by atoms with Gasteiger partial charge >= 0.3 is 6.09 Å². The number of carbonyl (C=O) groups excluding carboxylic acids is 2. The summed E-state index contributed by atoms with van der Waals surface area (Å²) in [5.74, 6) is -3.23. The first kappa shape index (κ1) is 19.6. The van der Waals surface area contributed by atoms with Crippen LogP contribution in [0.3, 0.4) is 0 Å². The van der Waals surface area contributed by atoms with Crippen LogP contribution in [0.2, 0.25) is 0 Å².